The minimum absolute atomic E-state index is 0. The van der Waals surface area contributed by atoms with E-state index in [9.17, 15) is 4.79 Å². The number of nitrogens with two attached hydrogens (primary N) is 1. The van der Waals surface area contributed by atoms with Crippen molar-refractivity contribution in [3.05, 3.63) is 17.7 Å². The maximum Gasteiger partial charge on any atom is 0.356 e. The van der Waals surface area contributed by atoms with Crippen LogP contribution in [-0.2, 0) is 13.0 Å². The average molecular weight is 268 g/mol. The summed E-state index contributed by atoms with van der Waals surface area (Å²) in [7, 11) is 0. The van der Waals surface area contributed by atoms with Crippen molar-refractivity contribution in [2.45, 2.75) is 19.4 Å². The lowest BCUT2D eigenvalue weighted by molar-refractivity contribution is 0.0691. The third-order valence-electron chi connectivity index (χ3n) is 2.64. The Balaban J connectivity index is 0.00000112. The van der Waals surface area contributed by atoms with Crippen molar-refractivity contribution in [2.24, 2.45) is 11.7 Å². The zero-order chi connectivity index (χ0) is 10.1. The Kier molecular flexibility index (Phi) is 5.78. The molecular weight excluding hydrogens is 253 g/mol. The average Bonchev–Trinajstić information content (AvgIpc) is 2.59. The van der Waals surface area contributed by atoms with Crippen LogP contribution < -0.4 is 5.73 Å². The molecule has 1 atom stereocenters. The highest BCUT2D eigenvalue weighted by Gasteiger charge is 2.20. The lowest BCUT2D eigenvalue weighted by Gasteiger charge is -2.21. The predicted octanol–water partition coefficient (Wildman–Crippen LogP) is 0.946. The number of halogens is 2. The summed E-state index contributed by atoms with van der Waals surface area (Å²) >= 11 is 0. The van der Waals surface area contributed by atoms with Gasteiger partial charge in [-0.25, -0.2) is 9.78 Å². The molecule has 0 aromatic carbocycles. The maximum atomic E-state index is 10.7. The van der Waals surface area contributed by atoms with Crippen LogP contribution in [0.3, 0.4) is 0 Å². The van der Waals surface area contributed by atoms with Gasteiger partial charge in [-0.15, -0.1) is 24.8 Å². The number of carboxylic acid groups (broad SMARTS) is 1. The van der Waals surface area contributed by atoms with Gasteiger partial charge in [-0.05, 0) is 18.9 Å². The number of hydrogen-bond donors (Lipinski definition) is 2. The molecule has 7 heteroatoms. The summed E-state index contributed by atoms with van der Waals surface area (Å²) in [6, 6.07) is 0. The van der Waals surface area contributed by atoms with E-state index in [0.29, 0.717) is 12.5 Å². The number of aromatic carboxylic acids is 1. The zero-order valence-corrected chi connectivity index (χ0v) is 10.3. The number of rotatable bonds is 2. The van der Waals surface area contributed by atoms with E-state index in [-0.39, 0.29) is 30.5 Å². The van der Waals surface area contributed by atoms with E-state index in [1.54, 1.807) is 6.20 Å². The van der Waals surface area contributed by atoms with Crippen LogP contribution in [0.2, 0.25) is 0 Å². The standard InChI is InChI=1S/C9H13N3O2.2ClH/c10-3-6-1-2-8-11-7(9(13)14)5-12(8)4-6;;/h5-6H,1-4,10H2,(H,13,14);2*1H. The van der Waals surface area contributed by atoms with Gasteiger partial charge in [0.15, 0.2) is 5.69 Å². The van der Waals surface area contributed by atoms with Gasteiger partial charge in [-0.1, -0.05) is 0 Å². The molecule has 0 saturated heterocycles. The van der Waals surface area contributed by atoms with Crippen LogP contribution in [-0.4, -0.2) is 27.2 Å². The van der Waals surface area contributed by atoms with E-state index in [0.717, 1.165) is 25.2 Å². The van der Waals surface area contributed by atoms with Crippen LogP contribution in [0, 0.1) is 5.92 Å². The molecule has 1 aromatic heterocycles. The fraction of sp³-hybridized carbons (Fsp3) is 0.556. The summed E-state index contributed by atoms with van der Waals surface area (Å²) in [6.07, 6.45) is 3.43. The fourth-order valence-corrected chi connectivity index (χ4v) is 1.81. The molecule has 2 rings (SSSR count). The molecule has 0 radical (unpaired) electrons. The third kappa shape index (κ3) is 2.87. The van der Waals surface area contributed by atoms with Crippen molar-refractivity contribution in [2.75, 3.05) is 6.54 Å². The first kappa shape index (κ1) is 15.2. The number of carbonyl (C=O) groups is 1. The van der Waals surface area contributed by atoms with Crippen LogP contribution in [0.25, 0.3) is 0 Å². The molecule has 1 aliphatic heterocycles. The molecular formula is C9H15Cl2N3O2. The van der Waals surface area contributed by atoms with Gasteiger partial charge in [0.25, 0.3) is 0 Å². The van der Waals surface area contributed by atoms with E-state index >= 15 is 0 Å². The second kappa shape index (κ2) is 6.08. The van der Waals surface area contributed by atoms with Crippen molar-refractivity contribution in [1.82, 2.24) is 9.55 Å². The summed E-state index contributed by atoms with van der Waals surface area (Å²) in [4.78, 5) is 14.7. The lowest BCUT2D eigenvalue weighted by Crippen LogP contribution is -2.25. The molecule has 3 N–H and O–H groups in total. The van der Waals surface area contributed by atoms with Crippen LogP contribution in [0.1, 0.15) is 22.7 Å². The fourth-order valence-electron chi connectivity index (χ4n) is 1.81. The molecule has 2 heterocycles. The summed E-state index contributed by atoms with van der Waals surface area (Å²) in [5.74, 6) is 0.363. The van der Waals surface area contributed by atoms with Crippen LogP contribution in [0.15, 0.2) is 6.20 Å². The topological polar surface area (TPSA) is 81.1 Å². The smallest absolute Gasteiger partial charge is 0.356 e. The van der Waals surface area contributed by atoms with Gasteiger partial charge in [0.1, 0.15) is 5.82 Å². The highest BCUT2D eigenvalue weighted by Crippen LogP contribution is 2.19. The number of hydrogen-bond acceptors (Lipinski definition) is 3. The minimum atomic E-state index is -0.962. The van der Waals surface area contributed by atoms with Gasteiger partial charge >= 0.3 is 5.97 Å². The number of fused-ring (bicyclic) bond motifs is 1. The first-order valence-corrected chi connectivity index (χ1v) is 4.70. The molecule has 1 unspecified atom stereocenters. The van der Waals surface area contributed by atoms with Crippen molar-refractivity contribution >= 4 is 30.8 Å². The Labute approximate surface area is 106 Å². The van der Waals surface area contributed by atoms with Crippen LogP contribution in [0.4, 0.5) is 0 Å². The molecule has 0 spiro atoms. The monoisotopic (exact) mass is 267 g/mol. The normalized spacial score (nSPS) is 17.9. The molecule has 1 aliphatic rings. The molecule has 5 nitrogen and oxygen atoms in total. The molecule has 92 valence electrons. The summed E-state index contributed by atoms with van der Waals surface area (Å²) in [6.45, 7) is 1.45. The van der Waals surface area contributed by atoms with Crippen molar-refractivity contribution in [3.8, 4) is 0 Å². The molecule has 0 amide bonds. The number of imidazole rings is 1. The SMILES string of the molecule is Cl.Cl.NCC1CCc2nc(C(=O)O)cn2C1. The van der Waals surface area contributed by atoms with Crippen molar-refractivity contribution in [1.29, 1.82) is 0 Å². The minimum Gasteiger partial charge on any atom is -0.476 e. The number of nitrogens with zero attached hydrogens (tertiary/aromatic N) is 2. The quantitative estimate of drug-likeness (QED) is 0.836. The molecule has 0 bridgehead atoms. The summed E-state index contributed by atoms with van der Waals surface area (Å²) < 4.78 is 1.91. The van der Waals surface area contributed by atoms with E-state index in [2.05, 4.69) is 4.98 Å². The van der Waals surface area contributed by atoms with Gasteiger partial charge < -0.3 is 15.4 Å². The molecule has 16 heavy (non-hydrogen) atoms. The number of aromatic nitrogens is 2. The molecule has 0 aliphatic carbocycles. The lowest BCUT2D eigenvalue weighted by atomic mass is 10.00. The van der Waals surface area contributed by atoms with E-state index in [4.69, 9.17) is 10.8 Å². The second-order valence-corrected chi connectivity index (χ2v) is 3.64. The van der Waals surface area contributed by atoms with Crippen LogP contribution in [0.5, 0.6) is 0 Å². The van der Waals surface area contributed by atoms with E-state index in [1.165, 1.54) is 0 Å². The summed E-state index contributed by atoms with van der Waals surface area (Å²) in [5.41, 5.74) is 5.71. The van der Waals surface area contributed by atoms with E-state index < -0.39 is 5.97 Å². The van der Waals surface area contributed by atoms with Gasteiger partial charge in [0.2, 0.25) is 0 Å². The largest absolute Gasteiger partial charge is 0.476 e. The molecule has 0 fully saturated rings. The van der Waals surface area contributed by atoms with Gasteiger partial charge in [-0.2, -0.15) is 0 Å². The summed E-state index contributed by atoms with van der Waals surface area (Å²) in [5, 5.41) is 8.76. The second-order valence-electron chi connectivity index (χ2n) is 3.64. The van der Waals surface area contributed by atoms with E-state index in [1.807, 2.05) is 4.57 Å². The highest BCUT2D eigenvalue weighted by molar-refractivity contribution is 5.85. The zero-order valence-electron chi connectivity index (χ0n) is 8.63. The van der Waals surface area contributed by atoms with Gasteiger partial charge in [0, 0.05) is 19.2 Å². The van der Waals surface area contributed by atoms with Crippen molar-refractivity contribution < 1.29 is 9.90 Å². The predicted molar refractivity (Wildman–Crippen MR) is 64.5 cm³/mol. The molecule has 1 aromatic rings. The van der Waals surface area contributed by atoms with Gasteiger partial charge in [0.05, 0.1) is 0 Å². The first-order chi connectivity index (χ1) is 6.70. The highest BCUT2D eigenvalue weighted by atomic mass is 35.5. The molecule has 0 saturated carbocycles. The Morgan fingerprint density at radius 1 is 1.62 bits per heavy atom. The maximum absolute atomic E-state index is 10.7. The van der Waals surface area contributed by atoms with Gasteiger partial charge in [-0.3, -0.25) is 0 Å². The van der Waals surface area contributed by atoms with Crippen LogP contribution >= 0.6 is 24.8 Å². The Bertz CT molecular complexity index is 368. The number of aryl methyl sites for hydroxylation is 1. The number of carboxylic acids is 1. The van der Waals surface area contributed by atoms with Crippen molar-refractivity contribution in [3.63, 3.8) is 0 Å². The Morgan fingerprint density at radius 3 is 2.88 bits per heavy atom. The first-order valence-electron chi connectivity index (χ1n) is 4.70. The Hall–Kier alpha value is -0.780. The third-order valence-corrected chi connectivity index (χ3v) is 2.64. The Morgan fingerprint density at radius 2 is 2.31 bits per heavy atom.